The van der Waals surface area contributed by atoms with Crippen molar-refractivity contribution in [2.24, 2.45) is 16.8 Å². The van der Waals surface area contributed by atoms with Crippen LogP contribution in [0.3, 0.4) is 0 Å². The molecule has 0 bridgehead atoms. The summed E-state index contributed by atoms with van der Waals surface area (Å²) in [5, 5.41) is 13.8. The second-order valence-corrected chi connectivity index (χ2v) is 3.69. The molecule has 0 aromatic carbocycles. The van der Waals surface area contributed by atoms with Crippen molar-refractivity contribution >= 4 is 11.7 Å². The van der Waals surface area contributed by atoms with E-state index in [1.54, 1.807) is 0 Å². The standard InChI is InChI=1S/C9H17N3O2/c10-8(12-14)4-5-11-9(13)6-7-2-1-3-7/h7,14H,1-6H2,(H2,10,12)(H,11,13). The van der Waals surface area contributed by atoms with Crippen LogP contribution in [0.5, 0.6) is 0 Å². The molecule has 5 nitrogen and oxygen atoms in total. The zero-order valence-corrected chi connectivity index (χ0v) is 8.20. The van der Waals surface area contributed by atoms with E-state index in [2.05, 4.69) is 10.5 Å². The number of oxime groups is 1. The molecule has 0 atom stereocenters. The van der Waals surface area contributed by atoms with Gasteiger partial charge in [-0.1, -0.05) is 11.6 Å². The van der Waals surface area contributed by atoms with Crippen molar-refractivity contribution in [2.45, 2.75) is 32.1 Å². The van der Waals surface area contributed by atoms with Gasteiger partial charge in [-0.3, -0.25) is 4.79 Å². The summed E-state index contributed by atoms with van der Waals surface area (Å²) >= 11 is 0. The Balaban J connectivity index is 2.02. The second-order valence-electron chi connectivity index (χ2n) is 3.69. The van der Waals surface area contributed by atoms with E-state index in [0.29, 0.717) is 25.3 Å². The van der Waals surface area contributed by atoms with Gasteiger partial charge in [0.1, 0.15) is 5.84 Å². The molecule has 0 aromatic heterocycles. The number of nitrogens with zero attached hydrogens (tertiary/aromatic N) is 1. The molecule has 14 heavy (non-hydrogen) atoms. The normalized spacial score (nSPS) is 17.6. The highest BCUT2D eigenvalue weighted by molar-refractivity contribution is 5.81. The lowest BCUT2D eigenvalue weighted by atomic mass is 9.83. The van der Waals surface area contributed by atoms with E-state index in [1.165, 1.54) is 19.3 Å². The van der Waals surface area contributed by atoms with Gasteiger partial charge in [0.25, 0.3) is 0 Å². The first-order valence-electron chi connectivity index (χ1n) is 4.95. The molecule has 1 aliphatic carbocycles. The van der Waals surface area contributed by atoms with Gasteiger partial charge in [0.05, 0.1) is 0 Å². The van der Waals surface area contributed by atoms with Crippen molar-refractivity contribution in [1.29, 1.82) is 0 Å². The van der Waals surface area contributed by atoms with Crippen LogP contribution in [0.2, 0.25) is 0 Å². The fourth-order valence-electron chi connectivity index (χ4n) is 1.41. The first-order chi connectivity index (χ1) is 6.72. The molecule has 80 valence electrons. The van der Waals surface area contributed by atoms with Crippen molar-refractivity contribution in [3.05, 3.63) is 0 Å². The maximum atomic E-state index is 11.3. The average molecular weight is 199 g/mol. The monoisotopic (exact) mass is 199 g/mol. The zero-order chi connectivity index (χ0) is 10.4. The van der Waals surface area contributed by atoms with Crippen molar-refractivity contribution in [1.82, 2.24) is 5.32 Å². The Kier molecular flexibility index (Phi) is 4.22. The highest BCUT2D eigenvalue weighted by Gasteiger charge is 2.20. The van der Waals surface area contributed by atoms with Crippen molar-refractivity contribution < 1.29 is 10.0 Å². The third kappa shape index (κ3) is 3.64. The lowest BCUT2D eigenvalue weighted by Gasteiger charge is -2.24. The Morgan fingerprint density at radius 2 is 2.29 bits per heavy atom. The number of nitrogens with two attached hydrogens (primary N) is 1. The number of nitrogens with one attached hydrogen (secondary N) is 1. The fourth-order valence-corrected chi connectivity index (χ4v) is 1.41. The van der Waals surface area contributed by atoms with Crippen molar-refractivity contribution in [3.8, 4) is 0 Å². The van der Waals surface area contributed by atoms with Crippen LogP contribution in [0.4, 0.5) is 0 Å². The van der Waals surface area contributed by atoms with Crippen LogP contribution in [0.25, 0.3) is 0 Å². The summed E-state index contributed by atoms with van der Waals surface area (Å²) in [4.78, 5) is 11.3. The number of carbonyl (C=O) groups is 1. The predicted octanol–water partition coefficient (Wildman–Crippen LogP) is 0.429. The SMILES string of the molecule is NC(CCNC(=O)CC1CCC1)=NO. The number of carbonyl (C=O) groups excluding carboxylic acids is 1. The van der Waals surface area contributed by atoms with Crippen LogP contribution in [0, 0.1) is 5.92 Å². The number of amidine groups is 1. The van der Waals surface area contributed by atoms with Gasteiger partial charge in [0.2, 0.25) is 5.91 Å². The molecule has 0 unspecified atom stereocenters. The van der Waals surface area contributed by atoms with Crippen LogP contribution in [-0.4, -0.2) is 23.5 Å². The summed E-state index contributed by atoms with van der Waals surface area (Å²) in [5.74, 6) is 0.799. The Labute approximate surface area is 83.3 Å². The van der Waals surface area contributed by atoms with Gasteiger partial charge in [-0.25, -0.2) is 0 Å². The smallest absolute Gasteiger partial charge is 0.220 e. The minimum atomic E-state index is 0.0699. The average Bonchev–Trinajstić information content (AvgIpc) is 2.11. The molecular weight excluding hydrogens is 182 g/mol. The highest BCUT2D eigenvalue weighted by atomic mass is 16.4. The molecule has 1 amide bonds. The van der Waals surface area contributed by atoms with E-state index in [0.717, 1.165) is 0 Å². The van der Waals surface area contributed by atoms with Gasteiger partial charge in [-0.2, -0.15) is 0 Å². The third-order valence-electron chi connectivity index (χ3n) is 2.53. The summed E-state index contributed by atoms with van der Waals surface area (Å²) in [7, 11) is 0. The maximum absolute atomic E-state index is 11.3. The minimum absolute atomic E-state index is 0.0699. The van der Waals surface area contributed by atoms with E-state index in [4.69, 9.17) is 10.9 Å². The molecule has 4 N–H and O–H groups in total. The molecule has 5 heteroatoms. The Morgan fingerprint density at radius 3 is 2.79 bits per heavy atom. The lowest BCUT2D eigenvalue weighted by molar-refractivity contribution is -0.122. The lowest BCUT2D eigenvalue weighted by Crippen LogP contribution is -2.30. The summed E-state index contributed by atoms with van der Waals surface area (Å²) in [5.41, 5.74) is 5.25. The van der Waals surface area contributed by atoms with Crippen LogP contribution in [0.15, 0.2) is 5.16 Å². The molecule has 0 saturated heterocycles. The molecule has 0 aliphatic heterocycles. The van der Waals surface area contributed by atoms with E-state index in [1.807, 2.05) is 0 Å². The molecule has 0 heterocycles. The Bertz CT molecular complexity index is 224. The summed E-state index contributed by atoms with van der Waals surface area (Å²) in [6.45, 7) is 0.446. The summed E-state index contributed by atoms with van der Waals surface area (Å²) in [6, 6.07) is 0. The molecular formula is C9H17N3O2. The van der Waals surface area contributed by atoms with E-state index in [-0.39, 0.29) is 11.7 Å². The van der Waals surface area contributed by atoms with Crippen LogP contribution in [0.1, 0.15) is 32.1 Å². The van der Waals surface area contributed by atoms with Gasteiger partial charge in [-0.15, -0.1) is 0 Å². The number of hydrogen-bond acceptors (Lipinski definition) is 3. The third-order valence-corrected chi connectivity index (χ3v) is 2.53. The van der Waals surface area contributed by atoms with Crippen LogP contribution < -0.4 is 11.1 Å². The van der Waals surface area contributed by atoms with Gasteiger partial charge in [0, 0.05) is 19.4 Å². The van der Waals surface area contributed by atoms with Crippen LogP contribution in [-0.2, 0) is 4.79 Å². The first kappa shape index (κ1) is 10.8. The maximum Gasteiger partial charge on any atom is 0.220 e. The van der Waals surface area contributed by atoms with Gasteiger partial charge in [0.15, 0.2) is 0 Å². The van der Waals surface area contributed by atoms with E-state index < -0.39 is 0 Å². The minimum Gasteiger partial charge on any atom is -0.409 e. The molecule has 0 spiro atoms. The summed E-state index contributed by atoms with van der Waals surface area (Å²) in [6.07, 6.45) is 4.62. The van der Waals surface area contributed by atoms with Gasteiger partial charge < -0.3 is 16.3 Å². The van der Waals surface area contributed by atoms with Gasteiger partial charge >= 0.3 is 0 Å². The predicted molar refractivity (Wildman–Crippen MR) is 53.0 cm³/mol. The molecule has 1 fully saturated rings. The topological polar surface area (TPSA) is 87.7 Å². The molecule has 0 aromatic rings. The van der Waals surface area contributed by atoms with Crippen molar-refractivity contribution in [3.63, 3.8) is 0 Å². The second kappa shape index (κ2) is 5.47. The quantitative estimate of drug-likeness (QED) is 0.260. The number of hydrogen-bond donors (Lipinski definition) is 3. The Hall–Kier alpha value is -1.26. The molecule has 0 radical (unpaired) electrons. The number of rotatable bonds is 5. The Morgan fingerprint density at radius 1 is 1.57 bits per heavy atom. The van der Waals surface area contributed by atoms with E-state index >= 15 is 0 Å². The first-order valence-corrected chi connectivity index (χ1v) is 4.95. The number of amides is 1. The molecule has 1 rings (SSSR count). The highest BCUT2D eigenvalue weighted by Crippen LogP contribution is 2.28. The zero-order valence-electron chi connectivity index (χ0n) is 8.20. The van der Waals surface area contributed by atoms with Gasteiger partial charge in [-0.05, 0) is 18.8 Å². The fraction of sp³-hybridized carbons (Fsp3) is 0.778. The van der Waals surface area contributed by atoms with Crippen LogP contribution >= 0.6 is 0 Å². The van der Waals surface area contributed by atoms with Crippen molar-refractivity contribution in [2.75, 3.05) is 6.54 Å². The summed E-state index contributed by atoms with van der Waals surface area (Å²) < 4.78 is 0. The molecule has 1 saturated carbocycles. The largest absolute Gasteiger partial charge is 0.409 e. The molecule has 1 aliphatic rings. The van der Waals surface area contributed by atoms with E-state index in [9.17, 15) is 4.79 Å².